The highest BCUT2D eigenvalue weighted by atomic mass is 32.2. The normalized spacial score (nSPS) is 12.0. The second-order valence-corrected chi connectivity index (χ2v) is 8.40. The second kappa shape index (κ2) is 6.75. The van der Waals surface area contributed by atoms with Crippen molar-refractivity contribution in [1.82, 2.24) is 0 Å². The molecule has 0 aromatic heterocycles. The molecule has 0 spiro atoms. The Kier molecular flexibility index (Phi) is 5.11. The van der Waals surface area contributed by atoms with Gasteiger partial charge < -0.3 is 5.32 Å². The lowest BCUT2D eigenvalue weighted by molar-refractivity contribution is 0.102. The van der Waals surface area contributed by atoms with Crippen molar-refractivity contribution in [1.29, 1.82) is 0 Å². The molecule has 0 radical (unpaired) electrons. The maximum atomic E-state index is 12.3. The van der Waals surface area contributed by atoms with Crippen molar-refractivity contribution in [3.63, 3.8) is 0 Å². The Bertz CT molecular complexity index is 818. The van der Waals surface area contributed by atoms with Crippen molar-refractivity contribution in [2.75, 3.05) is 5.32 Å². The predicted molar refractivity (Wildman–Crippen MR) is 96.3 cm³/mol. The first kappa shape index (κ1) is 18.2. The van der Waals surface area contributed by atoms with Crippen LogP contribution in [-0.4, -0.2) is 14.3 Å². The van der Waals surface area contributed by atoms with Crippen LogP contribution >= 0.6 is 0 Å². The molecule has 0 saturated carbocycles. The zero-order chi connectivity index (χ0) is 18.0. The molecule has 0 aliphatic rings. The molecule has 2 rings (SSSR count). The van der Waals surface area contributed by atoms with E-state index in [4.69, 9.17) is 5.14 Å². The number of benzene rings is 2. The molecule has 2 aromatic rings. The predicted octanol–water partition coefficient (Wildman–Crippen LogP) is 3.02. The summed E-state index contributed by atoms with van der Waals surface area (Å²) >= 11 is 0. The number of carbonyl (C=O) groups excluding carboxylic acids is 1. The average molecular weight is 346 g/mol. The molecule has 0 fully saturated rings. The number of amides is 1. The van der Waals surface area contributed by atoms with E-state index in [2.05, 4.69) is 26.1 Å². The van der Waals surface area contributed by atoms with Crippen molar-refractivity contribution >= 4 is 21.6 Å². The van der Waals surface area contributed by atoms with E-state index in [1.54, 1.807) is 36.4 Å². The van der Waals surface area contributed by atoms with E-state index in [1.807, 2.05) is 12.1 Å². The second-order valence-electron chi connectivity index (χ2n) is 6.79. The number of sulfonamides is 1. The third-order valence-electron chi connectivity index (χ3n) is 3.59. The number of hydrogen-bond donors (Lipinski definition) is 2. The summed E-state index contributed by atoms with van der Waals surface area (Å²) in [4.78, 5) is 12.3. The third-order valence-corrected chi connectivity index (χ3v) is 4.33. The van der Waals surface area contributed by atoms with Crippen LogP contribution in [0.25, 0.3) is 0 Å². The lowest BCUT2D eigenvalue weighted by Gasteiger charge is -2.19. The number of carbonyl (C=O) groups is 1. The lowest BCUT2D eigenvalue weighted by atomic mass is 9.87. The van der Waals surface area contributed by atoms with Crippen molar-refractivity contribution in [2.24, 2.45) is 5.14 Å². The first-order valence-corrected chi connectivity index (χ1v) is 9.27. The van der Waals surface area contributed by atoms with Crippen molar-refractivity contribution in [3.8, 4) is 0 Å². The molecule has 0 atom stereocenters. The molecule has 0 aliphatic heterocycles. The van der Waals surface area contributed by atoms with E-state index in [0.717, 1.165) is 5.56 Å². The van der Waals surface area contributed by atoms with Gasteiger partial charge in [0.25, 0.3) is 5.91 Å². The molecular formula is C18H22N2O3S. The van der Waals surface area contributed by atoms with Crippen molar-refractivity contribution in [2.45, 2.75) is 31.9 Å². The van der Waals surface area contributed by atoms with Crippen molar-refractivity contribution in [3.05, 3.63) is 65.2 Å². The molecule has 24 heavy (non-hydrogen) atoms. The van der Waals surface area contributed by atoms with E-state index in [9.17, 15) is 13.2 Å². The molecule has 1 amide bonds. The number of nitrogens with one attached hydrogen (secondary N) is 1. The SMILES string of the molecule is CC(C)(C)c1ccc(C(=O)Nc2ccc(CS(N)(=O)=O)cc2)cc1. The maximum absolute atomic E-state index is 12.3. The van der Waals surface area contributed by atoms with Gasteiger partial charge in [0.05, 0.1) is 5.75 Å². The van der Waals surface area contributed by atoms with Crippen LogP contribution in [0.3, 0.4) is 0 Å². The van der Waals surface area contributed by atoms with Crippen LogP contribution in [0.5, 0.6) is 0 Å². The number of hydrogen-bond acceptors (Lipinski definition) is 3. The minimum absolute atomic E-state index is 0.0359. The quantitative estimate of drug-likeness (QED) is 0.892. The molecule has 0 aliphatic carbocycles. The molecule has 0 saturated heterocycles. The van der Waals surface area contributed by atoms with E-state index in [1.165, 1.54) is 0 Å². The Morgan fingerprint density at radius 1 is 1.00 bits per heavy atom. The van der Waals surface area contributed by atoms with Crippen LogP contribution in [0.4, 0.5) is 5.69 Å². The van der Waals surface area contributed by atoms with Gasteiger partial charge in [-0.15, -0.1) is 0 Å². The summed E-state index contributed by atoms with van der Waals surface area (Å²) in [7, 11) is -3.56. The van der Waals surface area contributed by atoms with Gasteiger partial charge in [0, 0.05) is 11.3 Å². The zero-order valence-corrected chi connectivity index (χ0v) is 14.9. The Hall–Kier alpha value is -2.18. The standard InChI is InChI=1S/C18H22N2O3S/c1-18(2,3)15-8-6-14(7-9-15)17(21)20-16-10-4-13(5-11-16)12-24(19,22)23/h4-11H,12H2,1-3H3,(H,20,21)(H2,19,22,23). The first-order valence-electron chi connectivity index (χ1n) is 7.56. The molecule has 128 valence electrons. The highest BCUT2D eigenvalue weighted by Crippen LogP contribution is 2.22. The number of nitrogens with two attached hydrogens (primary N) is 1. The molecule has 0 unspecified atom stereocenters. The first-order chi connectivity index (χ1) is 11.0. The maximum Gasteiger partial charge on any atom is 0.255 e. The molecule has 0 heterocycles. The van der Waals surface area contributed by atoms with Crippen LogP contribution in [0, 0.1) is 0 Å². The van der Waals surface area contributed by atoms with Gasteiger partial charge in [-0.05, 0) is 40.8 Å². The van der Waals surface area contributed by atoms with Gasteiger partial charge in [0.2, 0.25) is 10.0 Å². The fourth-order valence-electron chi connectivity index (χ4n) is 2.24. The van der Waals surface area contributed by atoms with Crippen LogP contribution in [-0.2, 0) is 21.2 Å². The Morgan fingerprint density at radius 2 is 1.54 bits per heavy atom. The Balaban J connectivity index is 2.07. The van der Waals surface area contributed by atoms with Gasteiger partial charge in [-0.25, -0.2) is 13.6 Å². The summed E-state index contributed by atoms with van der Waals surface area (Å²) < 4.78 is 22.1. The van der Waals surface area contributed by atoms with Crippen LogP contribution in [0.1, 0.15) is 42.3 Å². The molecule has 0 bridgehead atoms. The largest absolute Gasteiger partial charge is 0.322 e. The fourth-order valence-corrected chi connectivity index (χ4v) is 2.90. The van der Waals surface area contributed by atoms with Crippen LogP contribution < -0.4 is 10.5 Å². The van der Waals surface area contributed by atoms with E-state index in [0.29, 0.717) is 16.8 Å². The lowest BCUT2D eigenvalue weighted by Crippen LogP contribution is -2.15. The van der Waals surface area contributed by atoms with Gasteiger partial charge in [0.1, 0.15) is 0 Å². The van der Waals surface area contributed by atoms with Crippen LogP contribution in [0.2, 0.25) is 0 Å². The summed E-state index contributed by atoms with van der Waals surface area (Å²) in [6.07, 6.45) is 0. The topological polar surface area (TPSA) is 89.3 Å². The van der Waals surface area contributed by atoms with Gasteiger partial charge >= 0.3 is 0 Å². The minimum atomic E-state index is -3.56. The smallest absolute Gasteiger partial charge is 0.255 e. The molecule has 3 N–H and O–H groups in total. The van der Waals surface area contributed by atoms with Gasteiger partial charge in [-0.1, -0.05) is 45.0 Å². The fraction of sp³-hybridized carbons (Fsp3) is 0.278. The van der Waals surface area contributed by atoms with Gasteiger partial charge in [0.15, 0.2) is 0 Å². The van der Waals surface area contributed by atoms with Crippen LogP contribution in [0.15, 0.2) is 48.5 Å². The summed E-state index contributed by atoms with van der Waals surface area (Å²) in [5.41, 5.74) is 2.93. The number of rotatable bonds is 4. The molecular weight excluding hydrogens is 324 g/mol. The van der Waals surface area contributed by atoms with E-state index >= 15 is 0 Å². The van der Waals surface area contributed by atoms with Gasteiger partial charge in [-0.2, -0.15) is 0 Å². The minimum Gasteiger partial charge on any atom is -0.322 e. The van der Waals surface area contributed by atoms with Crippen molar-refractivity contribution < 1.29 is 13.2 Å². The summed E-state index contributed by atoms with van der Waals surface area (Å²) in [5.74, 6) is -0.440. The van der Waals surface area contributed by atoms with E-state index < -0.39 is 10.0 Å². The average Bonchev–Trinajstić information content (AvgIpc) is 2.47. The number of primary sulfonamides is 1. The summed E-state index contributed by atoms with van der Waals surface area (Å²) in [5, 5.41) is 7.79. The van der Waals surface area contributed by atoms with E-state index in [-0.39, 0.29) is 17.1 Å². The molecule has 6 heteroatoms. The summed E-state index contributed by atoms with van der Waals surface area (Å²) in [6.45, 7) is 6.35. The molecule has 2 aromatic carbocycles. The third kappa shape index (κ3) is 5.18. The highest BCUT2D eigenvalue weighted by Gasteiger charge is 2.14. The Morgan fingerprint density at radius 3 is 2.00 bits per heavy atom. The highest BCUT2D eigenvalue weighted by molar-refractivity contribution is 7.88. The van der Waals surface area contributed by atoms with Gasteiger partial charge in [-0.3, -0.25) is 4.79 Å². The molecule has 5 nitrogen and oxygen atoms in total. The monoisotopic (exact) mass is 346 g/mol. The zero-order valence-electron chi connectivity index (χ0n) is 14.0. The Labute approximate surface area is 142 Å². The summed E-state index contributed by atoms with van der Waals surface area (Å²) in [6, 6.07) is 14.1. The number of anilines is 1.